The van der Waals surface area contributed by atoms with Crippen LogP contribution in [0.25, 0.3) is 95.0 Å². The molecule has 0 fully saturated rings. The monoisotopic (exact) mass is 702 g/mol. The van der Waals surface area contributed by atoms with Crippen molar-refractivity contribution >= 4 is 21.8 Å². The summed E-state index contributed by atoms with van der Waals surface area (Å²) in [5, 5.41) is 2.50. The summed E-state index contributed by atoms with van der Waals surface area (Å²) in [5.74, 6) is 1.96. The molecule has 10 aromatic rings. The smallest absolute Gasteiger partial charge is 0.164 e. The van der Waals surface area contributed by atoms with Gasteiger partial charge in [-0.3, -0.25) is 0 Å². The quantitative estimate of drug-likeness (QED) is 0.166. The zero-order valence-electron chi connectivity index (χ0n) is 29.9. The topological polar surface area (TPSA) is 43.6 Å². The molecule has 0 saturated heterocycles. The van der Waals surface area contributed by atoms with Crippen molar-refractivity contribution in [2.75, 3.05) is 0 Å². The molecule has 0 saturated carbocycles. The van der Waals surface area contributed by atoms with E-state index in [1.54, 1.807) is 0 Å². The van der Waals surface area contributed by atoms with Gasteiger partial charge in [-0.25, -0.2) is 15.0 Å². The van der Waals surface area contributed by atoms with Crippen LogP contribution in [-0.4, -0.2) is 19.5 Å². The molecule has 2 aromatic heterocycles. The van der Waals surface area contributed by atoms with Crippen LogP contribution in [-0.2, 0) is 0 Å². The molecule has 0 aliphatic rings. The van der Waals surface area contributed by atoms with Gasteiger partial charge < -0.3 is 4.57 Å². The molecule has 0 radical (unpaired) electrons. The maximum absolute atomic E-state index is 4.91. The predicted molar refractivity (Wildman–Crippen MR) is 227 cm³/mol. The predicted octanol–water partition coefficient (Wildman–Crippen LogP) is 13.0. The molecule has 2 heterocycles. The second kappa shape index (κ2) is 13.8. The van der Waals surface area contributed by atoms with Crippen LogP contribution in [0.5, 0.6) is 0 Å². The molecule has 0 N–H and O–H groups in total. The van der Waals surface area contributed by atoms with Gasteiger partial charge in [0.15, 0.2) is 17.5 Å². The molecule has 0 aliphatic heterocycles. The average Bonchev–Trinajstić information content (AvgIpc) is 3.61. The third-order valence-corrected chi connectivity index (χ3v) is 10.3. The standard InChI is InChI=1S/C51H34N4/c1-4-14-36(15-5-1)49-52-50(37-16-6-2-7-17-37)54-51(53-49)38-28-26-35(27-29-38)39-18-12-19-40(32-39)41-20-13-21-42(33-41)43-30-31-48-46(34-43)45-24-10-11-25-47(45)55(48)44-22-8-3-9-23-44/h1-34H. The van der Waals surface area contributed by atoms with Crippen LogP contribution in [0.2, 0.25) is 0 Å². The molecule has 0 amide bonds. The summed E-state index contributed by atoms with van der Waals surface area (Å²) in [4.78, 5) is 14.7. The van der Waals surface area contributed by atoms with Crippen molar-refractivity contribution in [1.82, 2.24) is 19.5 Å². The summed E-state index contributed by atoms with van der Waals surface area (Å²) in [6.45, 7) is 0. The van der Waals surface area contributed by atoms with E-state index in [0.29, 0.717) is 17.5 Å². The summed E-state index contributed by atoms with van der Waals surface area (Å²) in [6.07, 6.45) is 0. The lowest BCUT2D eigenvalue weighted by molar-refractivity contribution is 1.07. The molecule has 8 aromatic carbocycles. The van der Waals surface area contributed by atoms with Crippen LogP contribution in [0.4, 0.5) is 0 Å². The fourth-order valence-corrected chi connectivity index (χ4v) is 7.51. The Morgan fingerprint density at radius 3 is 1.20 bits per heavy atom. The van der Waals surface area contributed by atoms with Gasteiger partial charge in [-0.2, -0.15) is 0 Å². The Kier molecular flexibility index (Phi) is 8.12. The van der Waals surface area contributed by atoms with E-state index in [1.165, 1.54) is 44.1 Å². The molecule has 4 heteroatoms. The third kappa shape index (κ3) is 6.16. The highest BCUT2D eigenvalue weighted by atomic mass is 15.0. The Morgan fingerprint density at radius 1 is 0.255 bits per heavy atom. The number of benzene rings is 8. The highest BCUT2D eigenvalue weighted by Gasteiger charge is 2.15. The van der Waals surface area contributed by atoms with Crippen molar-refractivity contribution in [1.29, 1.82) is 0 Å². The lowest BCUT2D eigenvalue weighted by Gasteiger charge is -2.11. The number of aromatic nitrogens is 4. The van der Waals surface area contributed by atoms with Crippen LogP contribution >= 0.6 is 0 Å². The Labute approximate surface area is 319 Å². The van der Waals surface area contributed by atoms with Gasteiger partial charge in [0.25, 0.3) is 0 Å². The van der Waals surface area contributed by atoms with Gasteiger partial charge in [0.05, 0.1) is 11.0 Å². The molecule has 0 spiro atoms. The molecular formula is C51H34N4. The number of hydrogen-bond donors (Lipinski definition) is 0. The minimum absolute atomic E-state index is 0.646. The van der Waals surface area contributed by atoms with Crippen LogP contribution in [0.1, 0.15) is 0 Å². The minimum Gasteiger partial charge on any atom is -0.309 e. The average molecular weight is 703 g/mol. The lowest BCUT2D eigenvalue weighted by atomic mass is 9.95. The molecule has 0 bridgehead atoms. The number of rotatable bonds is 7. The SMILES string of the molecule is c1ccc(-c2nc(-c3ccccc3)nc(-c3ccc(-c4cccc(-c5cccc(-c6ccc7c(c6)c6ccccc6n7-c6ccccc6)c5)c4)cc3)n2)cc1. The van der Waals surface area contributed by atoms with E-state index in [4.69, 9.17) is 15.0 Å². The zero-order chi connectivity index (χ0) is 36.6. The van der Waals surface area contributed by atoms with Gasteiger partial charge in [-0.1, -0.05) is 164 Å². The second-order valence-electron chi connectivity index (χ2n) is 13.7. The summed E-state index contributed by atoms with van der Waals surface area (Å²) in [6, 6.07) is 72.4. The van der Waals surface area contributed by atoms with Crippen molar-refractivity contribution < 1.29 is 0 Å². The zero-order valence-corrected chi connectivity index (χ0v) is 29.9. The van der Waals surface area contributed by atoms with Crippen molar-refractivity contribution in [3.05, 3.63) is 206 Å². The first-order valence-corrected chi connectivity index (χ1v) is 18.5. The fraction of sp³-hybridized carbons (Fsp3) is 0. The molecule has 258 valence electrons. The number of hydrogen-bond acceptors (Lipinski definition) is 3. The van der Waals surface area contributed by atoms with E-state index < -0.39 is 0 Å². The number of fused-ring (bicyclic) bond motifs is 3. The summed E-state index contributed by atoms with van der Waals surface area (Å²) < 4.78 is 2.36. The third-order valence-electron chi connectivity index (χ3n) is 10.3. The van der Waals surface area contributed by atoms with E-state index >= 15 is 0 Å². The van der Waals surface area contributed by atoms with E-state index in [1.807, 2.05) is 60.7 Å². The minimum atomic E-state index is 0.646. The van der Waals surface area contributed by atoms with Crippen LogP contribution in [0.3, 0.4) is 0 Å². The van der Waals surface area contributed by atoms with Gasteiger partial charge in [0.2, 0.25) is 0 Å². The van der Waals surface area contributed by atoms with E-state index in [-0.39, 0.29) is 0 Å². The summed E-state index contributed by atoms with van der Waals surface area (Å²) in [5.41, 5.74) is 13.4. The van der Waals surface area contributed by atoms with E-state index in [0.717, 1.165) is 33.5 Å². The molecule has 55 heavy (non-hydrogen) atoms. The van der Waals surface area contributed by atoms with E-state index in [9.17, 15) is 0 Å². The van der Waals surface area contributed by atoms with Crippen molar-refractivity contribution in [2.24, 2.45) is 0 Å². The highest BCUT2D eigenvalue weighted by Crippen LogP contribution is 2.36. The van der Waals surface area contributed by atoms with Crippen molar-refractivity contribution in [2.45, 2.75) is 0 Å². The van der Waals surface area contributed by atoms with Gasteiger partial charge in [-0.05, 0) is 75.8 Å². The number of para-hydroxylation sites is 2. The van der Waals surface area contributed by atoms with Crippen LogP contribution < -0.4 is 0 Å². The Morgan fingerprint density at radius 2 is 0.636 bits per heavy atom. The highest BCUT2D eigenvalue weighted by molar-refractivity contribution is 6.10. The molecule has 0 unspecified atom stereocenters. The normalized spacial score (nSPS) is 11.3. The molecule has 0 aliphatic carbocycles. The Balaban J connectivity index is 0.971. The summed E-state index contributed by atoms with van der Waals surface area (Å²) in [7, 11) is 0. The van der Waals surface area contributed by atoms with Gasteiger partial charge >= 0.3 is 0 Å². The number of nitrogens with zero attached hydrogens (tertiary/aromatic N) is 4. The first kappa shape index (κ1) is 32.2. The summed E-state index contributed by atoms with van der Waals surface area (Å²) >= 11 is 0. The fourth-order valence-electron chi connectivity index (χ4n) is 7.51. The molecule has 0 atom stereocenters. The van der Waals surface area contributed by atoms with Gasteiger partial charge in [-0.15, -0.1) is 0 Å². The molecule has 4 nitrogen and oxygen atoms in total. The van der Waals surface area contributed by atoms with Crippen LogP contribution in [0, 0.1) is 0 Å². The largest absolute Gasteiger partial charge is 0.309 e. The maximum Gasteiger partial charge on any atom is 0.164 e. The molecule has 10 rings (SSSR count). The second-order valence-corrected chi connectivity index (χ2v) is 13.7. The van der Waals surface area contributed by atoms with Crippen molar-refractivity contribution in [3.63, 3.8) is 0 Å². The lowest BCUT2D eigenvalue weighted by Crippen LogP contribution is -2.00. The first-order valence-electron chi connectivity index (χ1n) is 18.5. The van der Waals surface area contributed by atoms with Crippen LogP contribution in [0.15, 0.2) is 206 Å². The Hall–Kier alpha value is -7.43. The van der Waals surface area contributed by atoms with Gasteiger partial charge in [0, 0.05) is 33.2 Å². The Bertz CT molecular complexity index is 2890. The molecular weight excluding hydrogens is 669 g/mol. The van der Waals surface area contributed by atoms with Gasteiger partial charge in [0.1, 0.15) is 0 Å². The van der Waals surface area contributed by atoms with Crippen molar-refractivity contribution in [3.8, 4) is 73.2 Å². The first-order chi connectivity index (χ1) is 27.2. The maximum atomic E-state index is 4.91. The van der Waals surface area contributed by atoms with E-state index in [2.05, 4.69) is 150 Å².